The molecule has 9 heteroatoms. The van der Waals surface area contributed by atoms with Gasteiger partial charge in [0.2, 0.25) is 6.79 Å². The standard InChI is InChI=1S/C25H21N3O6/c1-26-25(31)28-21(29)12-32-24(30)22-16-4-2-3-5-18(16)27-23-15(7-8-17(22)23)10-14-6-9-19-20(11-14)34-13-33-19/h2-6,9-11H,7-8,12-13H2,1H3,(H2,26,28,29,31)/b15-10+. The molecular weight excluding hydrogens is 438 g/mol. The van der Waals surface area contributed by atoms with E-state index in [1.54, 1.807) is 0 Å². The van der Waals surface area contributed by atoms with Crippen LogP contribution in [0.3, 0.4) is 0 Å². The van der Waals surface area contributed by atoms with Crippen LogP contribution in [0, 0.1) is 0 Å². The molecule has 1 aliphatic heterocycles. The van der Waals surface area contributed by atoms with E-state index < -0.39 is 24.5 Å². The zero-order chi connectivity index (χ0) is 23.7. The number of rotatable bonds is 4. The number of benzene rings is 2. The van der Waals surface area contributed by atoms with Crippen LogP contribution in [0.25, 0.3) is 22.6 Å². The second-order valence-corrected chi connectivity index (χ2v) is 7.82. The Balaban J connectivity index is 1.48. The van der Waals surface area contributed by atoms with E-state index in [0.29, 0.717) is 40.8 Å². The van der Waals surface area contributed by atoms with Crippen molar-refractivity contribution < 1.29 is 28.6 Å². The number of nitrogens with zero attached hydrogens (tertiary/aromatic N) is 1. The van der Waals surface area contributed by atoms with Gasteiger partial charge in [0.15, 0.2) is 18.1 Å². The number of carbonyl (C=O) groups is 3. The van der Waals surface area contributed by atoms with Crippen LogP contribution in [0.5, 0.6) is 11.5 Å². The van der Waals surface area contributed by atoms with Gasteiger partial charge in [-0.1, -0.05) is 24.3 Å². The van der Waals surface area contributed by atoms with E-state index in [1.165, 1.54) is 7.05 Å². The number of allylic oxidation sites excluding steroid dienone is 1. The van der Waals surface area contributed by atoms with Crippen molar-refractivity contribution in [1.29, 1.82) is 0 Å². The number of ether oxygens (including phenoxy) is 3. The van der Waals surface area contributed by atoms with E-state index >= 15 is 0 Å². The molecule has 2 aromatic carbocycles. The van der Waals surface area contributed by atoms with E-state index in [2.05, 4.69) is 10.6 Å². The van der Waals surface area contributed by atoms with E-state index in [0.717, 1.165) is 22.4 Å². The first-order valence-electron chi connectivity index (χ1n) is 10.7. The summed E-state index contributed by atoms with van der Waals surface area (Å²) in [7, 11) is 1.38. The smallest absolute Gasteiger partial charge is 0.339 e. The Kier molecular flexibility index (Phi) is 5.59. The average Bonchev–Trinajstić information content (AvgIpc) is 3.47. The maximum Gasteiger partial charge on any atom is 0.339 e. The summed E-state index contributed by atoms with van der Waals surface area (Å²) in [6.07, 6.45) is 3.34. The Morgan fingerprint density at radius 2 is 1.91 bits per heavy atom. The molecule has 2 aliphatic rings. The number of carbonyl (C=O) groups excluding carboxylic acids is 3. The fraction of sp³-hybridized carbons (Fsp3) is 0.200. The molecule has 0 saturated heterocycles. The van der Waals surface area contributed by atoms with Crippen molar-refractivity contribution in [2.45, 2.75) is 12.8 Å². The summed E-state index contributed by atoms with van der Waals surface area (Å²) in [5.74, 6) is 0.0549. The third-order valence-corrected chi connectivity index (χ3v) is 5.70. The largest absolute Gasteiger partial charge is 0.454 e. The van der Waals surface area contributed by atoms with Gasteiger partial charge in [0, 0.05) is 12.4 Å². The summed E-state index contributed by atoms with van der Waals surface area (Å²) in [5.41, 5.74) is 4.49. The third kappa shape index (κ3) is 4.03. The van der Waals surface area contributed by atoms with Crippen molar-refractivity contribution in [3.63, 3.8) is 0 Å². The minimum absolute atomic E-state index is 0.207. The van der Waals surface area contributed by atoms with Crippen molar-refractivity contribution in [3.05, 3.63) is 64.8 Å². The van der Waals surface area contributed by atoms with Crippen LogP contribution in [0.15, 0.2) is 42.5 Å². The Morgan fingerprint density at radius 1 is 1.09 bits per heavy atom. The van der Waals surface area contributed by atoms with Gasteiger partial charge in [0.1, 0.15) is 0 Å². The van der Waals surface area contributed by atoms with Crippen LogP contribution >= 0.6 is 0 Å². The predicted molar refractivity (Wildman–Crippen MR) is 123 cm³/mol. The molecule has 9 nitrogen and oxygen atoms in total. The fourth-order valence-corrected chi connectivity index (χ4v) is 4.14. The summed E-state index contributed by atoms with van der Waals surface area (Å²) in [6.45, 7) is -0.365. The molecule has 0 atom stereocenters. The molecule has 0 fully saturated rings. The highest BCUT2D eigenvalue weighted by Crippen LogP contribution is 2.39. The zero-order valence-electron chi connectivity index (χ0n) is 18.3. The maximum atomic E-state index is 13.1. The van der Waals surface area contributed by atoms with Gasteiger partial charge in [-0.25, -0.2) is 14.6 Å². The lowest BCUT2D eigenvalue weighted by molar-refractivity contribution is -0.123. The van der Waals surface area contributed by atoms with E-state index in [1.807, 2.05) is 48.5 Å². The SMILES string of the molecule is CNC(=O)NC(=O)COC(=O)c1c2c(nc3ccccc13)/C(=C/c1ccc3c(c1)OCO3)CC2. The first kappa shape index (κ1) is 21.4. The number of urea groups is 1. The summed E-state index contributed by atoms with van der Waals surface area (Å²) < 4.78 is 16.1. The van der Waals surface area contributed by atoms with Gasteiger partial charge in [-0.05, 0) is 53.8 Å². The first-order valence-corrected chi connectivity index (χ1v) is 10.7. The normalized spacial score (nSPS) is 14.7. The number of imide groups is 1. The molecule has 5 rings (SSSR count). The van der Waals surface area contributed by atoms with Gasteiger partial charge >= 0.3 is 12.0 Å². The topological polar surface area (TPSA) is 116 Å². The van der Waals surface area contributed by atoms with Crippen molar-refractivity contribution in [1.82, 2.24) is 15.6 Å². The Bertz CT molecular complexity index is 1360. The lowest BCUT2D eigenvalue weighted by atomic mass is 10.0. The lowest BCUT2D eigenvalue weighted by Gasteiger charge is -2.12. The van der Waals surface area contributed by atoms with E-state index in [4.69, 9.17) is 19.2 Å². The highest BCUT2D eigenvalue weighted by molar-refractivity contribution is 6.08. The summed E-state index contributed by atoms with van der Waals surface area (Å²) in [6, 6.07) is 12.4. The van der Waals surface area contributed by atoms with E-state index in [9.17, 15) is 14.4 Å². The highest BCUT2D eigenvalue weighted by atomic mass is 16.7. The zero-order valence-corrected chi connectivity index (χ0v) is 18.3. The van der Waals surface area contributed by atoms with Gasteiger partial charge in [-0.15, -0.1) is 0 Å². The van der Waals surface area contributed by atoms with Gasteiger partial charge in [-0.3, -0.25) is 10.1 Å². The number of nitrogens with one attached hydrogen (secondary N) is 2. The average molecular weight is 459 g/mol. The van der Waals surface area contributed by atoms with Crippen LogP contribution < -0.4 is 20.1 Å². The molecule has 0 radical (unpaired) electrons. The van der Waals surface area contributed by atoms with E-state index in [-0.39, 0.29) is 6.79 Å². The second kappa shape index (κ2) is 8.86. The van der Waals surface area contributed by atoms with Crippen LogP contribution in [0.1, 0.15) is 33.6 Å². The number of amides is 3. The van der Waals surface area contributed by atoms with Crippen LogP contribution in [0.2, 0.25) is 0 Å². The van der Waals surface area contributed by atoms with Crippen LogP contribution in [-0.4, -0.2) is 43.3 Å². The van der Waals surface area contributed by atoms with Crippen molar-refractivity contribution in [3.8, 4) is 11.5 Å². The minimum Gasteiger partial charge on any atom is -0.454 e. The molecule has 0 spiro atoms. The molecule has 3 amide bonds. The molecule has 2 heterocycles. The van der Waals surface area contributed by atoms with Gasteiger partial charge < -0.3 is 19.5 Å². The number of para-hydroxylation sites is 1. The maximum absolute atomic E-state index is 13.1. The summed E-state index contributed by atoms with van der Waals surface area (Å²) in [5, 5.41) is 5.00. The molecule has 0 saturated carbocycles. The fourth-order valence-electron chi connectivity index (χ4n) is 4.14. The summed E-state index contributed by atoms with van der Waals surface area (Å²) >= 11 is 0. The van der Waals surface area contributed by atoms with Crippen LogP contribution in [0.4, 0.5) is 4.79 Å². The van der Waals surface area contributed by atoms with Crippen molar-refractivity contribution in [2.24, 2.45) is 0 Å². The van der Waals surface area contributed by atoms with Crippen molar-refractivity contribution >= 4 is 40.5 Å². The molecule has 2 N–H and O–H groups in total. The van der Waals surface area contributed by atoms with Gasteiger partial charge in [0.25, 0.3) is 5.91 Å². The Morgan fingerprint density at radius 3 is 2.76 bits per heavy atom. The molecule has 1 aliphatic carbocycles. The summed E-state index contributed by atoms with van der Waals surface area (Å²) in [4.78, 5) is 41.1. The molecule has 172 valence electrons. The molecule has 34 heavy (non-hydrogen) atoms. The number of esters is 1. The number of aromatic nitrogens is 1. The first-order chi connectivity index (χ1) is 16.5. The lowest BCUT2D eigenvalue weighted by Crippen LogP contribution is -2.39. The third-order valence-electron chi connectivity index (χ3n) is 5.70. The number of fused-ring (bicyclic) bond motifs is 3. The molecule has 0 unspecified atom stereocenters. The number of pyridine rings is 1. The molecule has 1 aromatic heterocycles. The molecule has 0 bridgehead atoms. The number of hydrogen-bond acceptors (Lipinski definition) is 7. The quantitative estimate of drug-likeness (QED) is 0.576. The minimum atomic E-state index is -0.717. The number of hydrogen-bond donors (Lipinski definition) is 2. The molecule has 3 aromatic rings. The Labute approximate surface area is 194 Å². The predicted octanol–water partition coefficient (Wildman–Crippen LogP) is 3.06. The van der Waals surface area contributed by atoms with Crippen molar-refractivity contribution in [2.75, 3.05) is 20.4 Å². The highest BCUT2D eigenvalue weighted by Gasteiger charge is 2.28. The van der Waals surface area contributed by atoms with Gasteiger partial charge in [-0.2, -0.15) is 0 Å². The second-order valence-electron chi connectivity index (χ2n) is 7.82. The Hall–Kier alpha value is -4.40. The molecular formula is C25H21N3O6. The van der Waals surface area contributed by atoms with Crippen LogP contribution in [-0.2, 0) is 16.0 Å². The van der Waals surface area contributed by atoms with Gasteiger partial charge in [0.05, 0.1) is 16.8 Å². The monoisotopic (exact) mass is 459 g/mol.